The lowest BCUT2D eigenvalue weighted by Crippen LogP contribution is -2.57. The molecule has 1 heterocycles. The van der Waals surface area contributed by atoms with Crippen LogP contribution in [0.25, 0.3) is 11.1 Å². The number of carboxylic acid groups (broad SMARTS) is 1. The number of ether oxygens (including phenoxy) is 1. The number of benzene rings is 2. The largest absolute Gasteiger partial charge is 0.481 e. The number of aliphatic hydroxyl groups is 1. The average Bonchev–Trinajstić information content (AvgIpc) is 3.52. The zero-order chi connectivity index (χ0) is 23.9. The topological polar surface area (TPSA) is 116 Å². The molecule has 3 N–H and O–H groups in total. The minimum absolute atomic E-state index is 0.0697. The van der Waals surface area contributed by atoms with Crippen LogP contribution in [0.5, 0.6) is 0 Å². The number of hydrogen-bond donors (Lipinski definition) is 3. The summed E-state index contributed by atoms with van der Waals surface area (Å²) in [6.45, 7) is 0.377. The third-order valence-electron chi connectivity index (χ3n) is 7.57. The van der Waals surface area contributed by atoms with Crippen LogP contribution in [-0.2, 0) is 14.3 Å². The summed E-state index contributed by atoms with van der Waals surface area (Å²) >= 11 is 0. The van der Waals surface area contributed by atoms with E-state index in [1.807, 2.05) is 48.5 Å². The number of aliphatic hydroxyl groups excluding tert-OH is 1. The number of alkyl carbamates (subject to hydrolysis) is 1. The van der Waals surface area contributed by atoms with Gasteiger partial charge in [-0.25, -0.2) is 4.79 Å². The summed E-state index contributed by atoms with van der Waals surface area (Å²) < 4.78 is 5.51. The van der Waals surface area contributed by atoms with Crippen molar-refractivity contribution in [1.29, 1.82) is 0 Å². The van der Waals surface area contributed by atoms with E-state index in [0.717, 1.165) is 28.7 Å². The molecule has 178 valence electrons. The molecule has 1 saturated carbocycles. The molecule has 8 nitrogen and oxygen atoms in total. The van der Waals surface area contributed by atoms with E-state index >= 15 is 0 Å². The molecule has 0 aromatic heterocycles. The van der Waals surface area contributed by atoms with Crippen LogP contribution in [-0.4, -0.2) is 64.4 Å². The number of carbonyl (C=O) groups excluding carboxylic acids is 2. The maximum atomic E-state index is 13.2. The van der Waals surface area contributed by atoms with Crippen LogP contribution >= 0.6 is 0 Å². The summed E-state index contributed by atoms with van der Waals surface area (Å²) in [5.74, 6) is -1.51. The summed E-state index contributed by atoms with van der Waals surface area (Å²) in [4.78, 5) is 39.0. The number of amides is 2. The van der Waals surface area contributed by atoms with Gasteiger partial charge < -0.3 is 25.2 Å². The van der Waals surface area contributed by atoms with Gasteiger partial charge >= 0.3 is 12.1 Å². The molecule has 2 aromatic carbocycles. The number of hydrogen-bond acceptors (Lipinski definition) is 5. The molecule has 5 rings (SSSR count). The fraction of sp³-hybridized carbons (Fsp3) is 0.423. The highest BCUT2D eigenvalue weighted by molar-refractivity contribution is 5.90. The van der Waals surface area contributed by atoms with Crippen molar-refractivity contribution in [2.45, 2.75) is 43.2 Å². The third kappa shape index (κ3) is 3.81. The minimum atomic E-state index is -1.25. The Morgan fingerprint density at radius 3 is 2.32 bits per heavy atom. The number of nitrogens with one attached hydrogen (secondary N) is 1. The van der Waals surface area contributed by atoms with Crippen molar-refractivity contribution in [1.82, 2.24) is 10.2 Å². The summed E-state index contributed by atoms with van der Waals surface area (Å²) in [7, 11) is 0. The highest BCUT2D eigenvalue weighted by atomic mass is 16.5. The van der Waals surface area contributed by atoms with Gasteiger partial charge in [0.1, 0.15) is 12.6 Å². The number of rotatable bonds is 7. The highest BCUT2D eigenvalue weighted by Crippen LogP contribution is 2.47. The van der Waals surface area contributed by atoms with Crippen LogP contribution in [0, 0.1) is 5.92 Å². The van der Waals surface area contributed by atoms with Gasteiger partial charge in [0.2, 0.25) is 5.91 Å². The molecule has 1 aliphatic heterocycles. The molecular formula is C26H28N2O6. The van der Waals surface area contributed by atoms with Crippen LogP contribution in [0.2, 0.25) is 0 Å². The van der Waals surface area contributed by atoms with E-state index in [9.17, 15) is 24.6 Å². The van der Waals surface area contributed by atoms with Crippen molar-refractivity contribution < 1.29 is 29.3 Å². The SMILES string of the molecule is O=C(O)CC(NC(=O)OCC1c2ccccc2-c2ccccc21)C(=O)N1CC2CCC1(CO)C2. The van der Waals surface area contributed by atoms with E-state index in [1.165, 1.54) is 0 Å². The summed E-state index contributed by atoms with van der Waals surface area (Å²) in [6, 6.07) is 14.7. The lowest BCUT2D eigenvalue weighted by atomic mass is 9.97. The first-order valence-electron chi connectivity index (χ1n) is 11.7. The Hall–Kier alpha value is -3.39. The molecule has 3 unspecified atom stereocenters. The highest BCUT2D eigenvalue weighted by Gasteiger charge is 2.53. The molecule has 2 fully saturated rings. The summed E-state index contributed by atoms with van der Waals surface area (Å²) in [5, 5.41) is 21.8. The van der Waals surface area contributed by atoms with Crippen molar-refractivity contribution in [3.63, 3.8) is 0 Å². The number of likely N-dealkylation sites (tertiary alicyclic amines) is 1. The molecule has 8 heteroatoms. The second-order valence-electron chi connectivity index (χ2n) is 9.56. The van der Waals surface area contributed by atoms with Crippen LogP contribution in [0.1, 0.15) is 42.7 Å². The number of piperidine rings is 1. The molecule has 2 aliphatic carbocycles. The van der Waals surface area contributed by atoms with Crippen LogP contribution < -0.4 is 5.32 Å². The van der Waals surface area contributed by atoms with Crippen LogP contribution in [0.3, 0.4) is 0 Å². The Labute approximate surface area is 197 Å². The fourth-order valence-corrected chi connectivity index (χ4v) is 5.96. The summed E-state index contributed by atoms with van der Waals surface area (Å²) in [5.41, 5.74) is 3.68. The lowest BCUT2D eigenvalue weighted by Gasteiger charge is -2.39. The maximum Gasteiger partial charge on any atom is 0.407 e. The molecule has 3 aliphatic rings. The zero-order valence-corrected chi connectivity index (χ0v) is 18.8. The average molecular weight is 465 g/mol. The van der Waals surface area contributed by atoms with Crippen molar-refractivity contribution in [3.8, 4) is 11.1 Å². The number of nitrogens with zero attached hydrogens (tertiary/aromatic N) is 1. The molecule has 34 heavy (non-hydrogen) atoms. The van der Waals surface area contributed by atoms with Crippen molar-refractivity contribution in [2.75, 3.05) is 19.8 Å². The monoisotopic (exact) mass is 464 g/mol. The molecular weight excluding hydrogens is 436 g/mol. The Kier molecular flexibility index (Phi) is 5.77. The Balaban J connectivity index is 1.28. The normalized spacial score (nSPS) is 23.3. The van der Waals surface area contributed by atoms with Crippen molar-refractivity contribution >= 4 is 18.0 Å². The predicted octanol–water partition coefficient (Wildman–Crippen LogP) is 2.74. The van der Waals surface area contributed by atoms with Gasteiger partial charge in [-0.3, -0.25) is 9.59 Å². The Morgan fingerprint density at radius 1 is 1.09 bits per heavy atom. The van der Waals surface area contributed by atoms with E-state index in [2.05, 4.69) is 5.32 Å². The second kappa shape index (κ2) is 8.76. The van der Waals surface area contributed by atoms with E-state index in [1.54, 1.807) is 4.90 Å². The second-order valence-corrected chi connectivity index (χ2v) is 9.56. The first-order chi connectivity index (χ1) is 16.4. The number of carboxylic acids is 1. The summed E-state index contributed by atoms with van der Waals surface area (Å²) in [6.07, 6.45) is 0.952. The van der Waals surface area contributed by atoms with Crippen LogP contribution in [0.4, 0.5) is 4.79 Å². The van der Waals surface area contributed by atoms with Gasteiger partial charge in [-0.05, 0) is 47.4 Å². The van der Waals surface area contributed by atoms with Gasteiger partial charge in [-0.2, -0.15) is 0 Å². The van der Waals surface area contributed by atoms with E-state index in [0.29, 0.717) is 25.3 Å². The van der Waals surface area contributed by atoms with Crippen LogP contribution in [0.15, 0.2) is 48.5 Å². The first-order valence-corrected chi connectivity index (χ1v) is 11.7. The van der Waals surface area contributed by atoms with Gasteiger partial charge in [0, 0.05) is 12.5 Å². The number of fused-ring (bicyclic) bond motifs is 5. The number of carbonyl (C=O) groups is 3. The van der Waals surface area contributed by atoms with Crippen molar-refractivity contribution in [2.24, 2.45) is 5.92 Å². The van der Waals surface area contributed by atoms with E-state index in [4.69, 9.17) is 4.74 Å². The van der Waals surface area contributed by atoms with E-state index < -0.39 is 36.0 Å². The quantitative estimate of drug-likeness (QED) is 0.580. The van der Waals surface area contributed by atoms with Gasteiger partial charge in [-0.1, -0.05) is 48.5 Å². The molecule has 2 bridgehead atoms. The zero-order valence-electron chi connectivity index (χ0n) is 18.8. The fourth-order valence-electron chi connectivity index (χ4n) is 5.96. The van der Waals surface area contributed by atoms with Gasteiger partial charge in [0.15, 0.2) is 0 Å². The molecule has 2 amide bonds. The van der Waals surface area contributed by atoms with Gasteiger partial charge in [0.25, 0.3) is 0 Å². The Bertz CT molecular complexity index is 1090. The molecule has 0 radical (unpaired) electrons. The maximum absolute atomic E-state index is 13.2. The Morgan fingerprint density at radius 2 is 1.74 bits per heavy atom. The lowest BCUT2D eigenvalue weighted by molar-refractivity contribution is -0.146. The van der Waals surface area contributed by atoms with E-state index in [-0.39, 0.29) is 19.1 Å². The predicted molar refractivity (Wildman–Crippen MR) is 123 cm³/mol. The van der Waals surface area contributed by atoms with Crippen molar-refractivity contribution in [3.05, 3.63) is 59.7 Å². The van der Waals surface area contributed by atoms with Gasteiger partial charge in [-0.15, -0.1) is 0 Å². The van der Waals surface area contributed by atoms with Gasteiger partial charge in [0.05, 0.1) is 18.6 Å². The first kappa shape index (κ1) is 22.4. The standard InChI is InChI=1S/C26H28N2O6/c29-15-26-10-9-16(12-26)13-28(26)24(32)22(11-23(30)31)27-25(33)34-14-21-19-7-3-1-5-17(19)18-6-2-4-8-20(18)21/h1-8,16,21-22,29H,9-15H2,(H,27,33)(H,30,31). The third-order valence-corrected chi connectivity index (χ3v) is 7.57. The molecule has 1 saturated heterocycles. The molecule has 3 atom stereocenters. The smallest absolute Gasteiger partial charge is 0.407 e. The molecule has 0 spiro atoms. The molecule has 2 aromatic rings. The number of aliphatic carboxylic acids is 1. The minimum Gasteiger partial charge on any atom is -0.481 e.